The van der Waals surface area contributed by atoms with E-state index in [1.165, 1.54) is 23.1 Å². The monoisotopic (exact) mass is 535 g/mol. The first-order valence-electron chi connectivity index (χ1n) is 12.3. The van der Waals surface area contributed by atoms with Gasteiger partial charge in [0.15, 0.2) is 4.80 Å². The van der Waals surface area contributed by atoms with Crippen LogP contribution in [0.15, 0.2) is 23.2 Å². The Hall–Kier alpha value is -2.66. The van der Waals surface area contributed by atoms with Gasteiger partial charge < -0.3 is 18.9 Å². The van der Waals surface area contributed by atoms with Crippen molar-refractivity contribution in [2.75, 3.05) is 31.3 Å². The number of benzene rings is 1. The summed E-state index contributed by atoms with van der Waals surface area (Å²) in [5, 5.41) is 0. The Labute approximate surface area is 218 Å². The lowest BCUT2D eigenvalue weighted by Gasteiger charge is -2.35. The molecule has 196 valence electrons. The van der Waals surface area contributed by atoms with Crippen molar-refractivity contribution in [2.24, 2.45) is 4.99 Å². The van der Waals surface area contributed by atoms with Gasteiger partial charge in [0.2, 0.25) is 5.91 Å². The van der Waals surface area contributed by atoms with Gasteiger partial charge in [0, 0.05) is 12.6 Å². The van der Waals surface area contributed by atoms with Crippen molar-refractivity contribution in [1.29, 1.82) is 0 Å². The second-order valence-electron chi connectivity index (χ2n) is 8.32. The van der Waals surface area contributed by atoms with Gasteiger partial charge in [0.25, 0.3) is 5.91 Å². The van der Waals surface area contributed by atoms with Crippen molar-refractivity contribution in [3.05, 3.63) is 28.6 Å². The van der Waals surface area contributed by atoms with Crippen molar-refractivity contribution in [2.45, 2.75) is 59.0 Å². The first-order valence-corrected chi connectivity index (χ1v) is 14.3. The summed E-state index contributed by atoms with van der Waals surface area (Å²) >= 11 is 2.45. The molecule has 1 atom stereocenters. The van der Waals surface area contributed by atoms with Crippen molar-refractivity contribution < 1.29 is 28.7 Å². The maximum atomic E-state index is 12.7. The molecule has 1 fully saturated rings. The summed E-state index contributed by atoms with van der Waals surface area (Å²) in [7, 11) is 0. The van der Waals surface area contributed by atoms with E-state index in [2.05, 4.69) is 11.9 Å². The average Bonchev–Trinajstić information content (AvgIpc) is 3.19. The van der Waals surface area contributed by atoms with Gasteiger partial charge in [-0.3, -0.25) is 14.4 Å². The van der Waals surface area contributed by atoms with Crippen LogP contribution in [-0.4, -0.2) is 70.5 Å². The van der Waals surface area contributed by atoms with Crippen molar-refractivity contribution in [1.82, 2.24) is 9.47 Å². The number of thioether (sulfide) groups is 1. The minimum absolute atomic E-state index is 0.0537. The lowest BCUT2D eigenvalue weighted by molar-refractivity contribution is -0.143. The SMILES string of the molecule is CCOC(=O)Cn1c(=NC(=O)CSCC(=O)N2CCCCC2CC)sc2cc(C(=O)OCC)ccc21. The zero-order valence-corrected chi connectivity index (χ0v) is 22.6. The molecule has 0 spiro atoms. The van der Waals surface area contributed by atoms with Gasteiger partial charge in [0.05, 0.1) is 40.5 Å². The highest BCUT2D eigenvalue weighted by Gasteiger charge is 2.25. The Bertz CT molecular complexity index is 1170. The summed E-state index contributed by atoms with van der Waals surface area (Å²) < 4.78 is 12.5. The predicted octanol–water partition coefficient (Wildman–Crippen LogP) is 3.39. The molecule has 9 nitrogen and oxygen atoms in total. The Morgan fingerprint density at radius 2 is 1.86 bits per heavy atom. The van der Waals surface area contributed by atoms with Crippen molar-refractivity contribution >= 4 is 57.1 Å². The summed E-state index contributed by atoms with van der Waals surface area (Å²) in [6, 6.07) is 5.27. The number of carbonyl (C=O) groups is 4. The molecular formula is C25H33N3O6S2. The average molecular weight is 536 g/mol. The van der Waals surface area contributed by atoms with Gasteiger partial charge in [-0.1, -0.05) is 18.3 Å². The van der Waals surface area contributed by atoms with Gasteiger partial charge in [0.1, 0.15) is 6.54 Å². The third kappa shape index (κ3) is 7.19. The molecule has 1 aliphatic rings. The number of ether oxygens (including phenoxy) is 2. The number of likely N-dealkylation sites (tertiary alicyclic amines) is 1. The van der Waals surface area contributed by atoms with Crippen LogP contribution in [0.5, 0.6) is 0 Å². The number of carbonyl (C=O) groups excluding carboxylic acids is 4. The molecule has 0 aliphatic carbocycles. The summed E-state index contributed by atoms with van der Waals surface area (Å²) in [4.78, 5) is 56.2. The predicted molar refractivity (Wildman–Crippen MR) is 140 cm³/mol. The lowest BCUT2D eigenvalue weighted by Crippen LogP contribution is -2.44. The molecule has 1 aliphatic heterocycles. The Morgan fingerprint density at radius 3 is 2.58 bits per heavy atom. The number of hydrogen-bond acceptors (Lipinski definition) is 8. The van der Waals surface area contributed by atoms with E-state index in [0.717, 1.165) is 32.2 Å². The van der Waals surface area contributed by atoms with E-state index in [1.807, 2.05) is 4.90 Å². The van der Waals surface area contributed by atoms with Crippen LogP contribution in [0.25, 0.3) is 10.2 Å². The van der Waals surface area contributed by atoms with Crippen LogP contribution in [0, 0.1) is 0 Å². The van der Waals surface area contributed by atoms with Gasteiger partial charge in [-0.2, -0.15) is 4.99 Å². The fourth-order valence-corrected chi connectivity index (χ4v) is 5.96. The Morgan fingerprint density at radius 1 is 1.08 bits per heavy atom. The minimum Gasteiger partial charge on any atom is -0.465 e. The number of thiazole rings is 1. The molecule has 0 N–H and O–H groups in total. The smallest absolute Gasteiger partial charge is 0.338 e. The molecule has 1 unspecified atom stereocenters. The number of fused-ring (bicyclic) bond motifs is 1. The van der Waals surface area contributed by atoms with Gasteiger partial charge in [-0.05, 0) is 57.7 Å². The number of hydrogen-bond donors (Lipinski definition) is 0. The molecular weight excluding hydrogens is 502 g/mol. The Kier molecular flexibility index (Phi) is 10.5. The molecule has 0 bridgehead atoms. The third-order valence-electron chi connectivity index (χ3n) is 5.88. The van der Waals surface area contributed by atoms with E-state index in [-0.39, 0.29) is 43.2 Å². The summed E-state index contributed by atoms with van der Waals surface area (Å²) in [5.74, 6) is -0.945. The Balaban J connectivity index is 1.77. The molecule has 1 saturated heterocycles. The quantitative estimate of drug-likeness (QED) is 0.429. The number of rotatable bonds is 10. The zero-order chi connectivity index (χ0) is 26.1. The van der Waals surface area contributed by atoms with E-state index in [4.69, 9.17) is 9.47 Å². The van der Waals surface area contributed by atoms with Gasteiger partial charge in [-0.25, -0.2) is 4.79 Å². The first kappa shape index (κ1) is 27.9. The molecule has 0 saturated carbocycles. The third-order valence-corrected chi connectivity index (χ3v) is 7.82. The summed E-state index contributed by atoms with van der Waals surface area (Å²) in [6.07, 6.45) is 4.14. The normalized spacial score (nSPS) is 16.2. The fraction of sp³-hybridized carbons (Fsp3) is 0.560. The molecule has 3 rings (SSSR count). The zero-order valence-electron chi connectivity index (χ0n) is 21.0. The summed E-state index contributed by atoms with van der Waals surface area (Å²) in [6.45, 7) is 6.71. The van der Waals surface area contributed by atoms with Crippen molar-refractivity contribution in [3.8, 4) is 0 Å². The highest BCUT2D eigenvalue weighted by molar-refractivity contribution is 8.00. The van der Waals surface area contributed by atoms with E-state index in [0.29, 0.717) is 20.6 Å². The highest BCUT2D eigenvalue weighted by atomic mass is 32.2. The topological polar surface area (TPSA) is 107 Å². The summed E-state index contributed by atoms with van der Waals surface area (Å²) in [5.41, 5.74) is 1.04. The second kappa shape index (κ2) is 13.6. The number of nitrogens with zero attached hydrogens (tertiary/aromatic N) is 3. The molecule has 36 heavy (non-hydrogen) atoms. The molecule has 2 heterocycles. The van der Waals surface area contributed by atoms with Crippen LogP contribution in [-0.2, 0) is 30.4 Å². The van der Waals surface area contributed by atoms with Crippen LogP contribution in [0.4, 0.5) is 0 Å². The molecule has 0 radical (unpaired) electrons. The molecule has 2 amide bonds. The van der Waals surface area contributed by atoms with Crippen LogP contribution in [0.1, 0.15) is 56.8 Å². The van der Waals surface area contributed by atoms with Crippen LogP contribution >= 0.6 is 23.1 Å². The maximum Gasteiger partial charge on any atom is 0.338 e. The standard InChI is InChI=1S/C25H33N3O6S2/c1-4-18-9-7-8-12-27(18)22(30)16-35-15-21(29)26-25-28(14-23(31)33-5-2)19-11-10-17(13-20(19)36-25)24(32)34-6-3/h10-11,13,18H,4-9,12,14-16H2,1-3H3. The molecule has 1 aromatic heterocycles. The number of aromatic nitrogens is 1. The largest absolute Gasteiger partial charge is 0.465 e. The maximum absolute atomic E-state index is 12.7. The first-order chi connectivity index (χ1) is 17.4. The minimum atomic E-state index is -0.451. The van der Waals surface area contributed by atoms with Crippen LogP contribution < -0.4 is 4.80 Å². The van der Waals surface area contributed by atoms with Crippen LogP contribution in [0.2, 0.25) is 0 Å². The number of esters is 2. The highest BCUT2D eigenvalue weighted by Crippen LogP contribution is 2.22. The fourth-order valence-electron chi connectivity index (χ4n) is 4.19. The molecule has 2 aromatic rings. The number of amides is 2. The molecule has 1 aromatic carbocycles. The van der Waals surface area contributed by atoms with Crippen LogP contribution in [0.3, 0.4) is 0 Å². The van der Waals surface area contributed by atoms with E-state index in [9.17, 15) is 19.2 Å². The van der Waals surface area contributed by atoms with E-state index >= 15 is 0 Å². The van der Waals surface area contributed by atoms with Gasteiger partial charge in [-0.15, -0.1) is 11.8 Å². The van der Waals surface area contributed by atoms with E-state index < -0.39 is 17.8 Å². The lowest BCUT2D eigenvalue weighted by atomic mass is 10.0. The molecule has 11 heteroatoms. The van der Waals surface area contributed by atoms with Crippen molar-refractivity contribution in [3.63, 3.8) is 0 Å². The second-order valence-corrected chi connectivity index (χ2v) is 10.3. The number of piperidine rings is 1. The van der Waals surface area contributed by atoms with E-state index in [1.54, 1.807) is 36.6 Å². The van der Waals surface area contributed by atoms with Gasteiger partial charge >= 0.3 is 11.9 Å².